The number of aryl methyl sites for hydroxylation is 1. The van der Waals surface area contributed by atoms with Crippen LogP contribution in [0, 0.1) is 0 Å². The average Bonchev–Trinajstić information content (AvgIpc) is 2.82. The van der Waals surface area contributed by atoms with Gasteiger partial charge in [0.2, 0.25) is 5.75 Å². The summed E-state index contributed by atoms with van der Waals surface area (Å²) in [5, 5.41) is 11.7. The Morgan fingerprint density at radius 3 is 2.18 bits per heavy atom. The fraction of sp³-hybridized carbons (Fsp3) is 0.481. The zero-order chi connectivity index (χ0) is 24.8. The molecule has 0 spiro atoms. The van der Waals surface area contributed by atoms with Crippen molar-refractivity contribution in [3.8, 4) is 17.2 Å². The minimum atomic E-state index is -0.832. The molecule has 0 atom stereocenters. The first-order valence-electron chi connectivity index (χ1n) is 12.1. The molecule has 2 rings (SSSR count). The number of amides is 1. The predicted octanol–water partition coefficient (Wildman–Crippen LogP) is 5.04. The van der Waals surface area contributed by atoms with E-state index in [0.29, 0.717) is 68.4 Å². The molecule has 7 nitrogen and oxygen atoms in total. The minimum Gasteiger partial charge on any atom is -0.490 e. The highest BCUT2D eigenvalue weighted by Crippen LogP contribution is 2.43. The molecule has 0 saturated heterocycles. The third kappa shape index (κ3) is 8.28. The SMILES string of the molecule is CCOc1cc(C(=O)NCCCCC(=O)O)c(CCCc2ccccc2)c(OCC)c1OCC. The molecule has 1 amide bonds. The maximum absolute atomic E-state index is 13.2. The number of hydrogen-bond acceptors (Lipinski definition) is 5. The van der Waals surface area contributed by atoms with Crippen LogP contribution < -0.4 is 19.5 Å². The summed E-state index contributed by atoms with van der Waals surface area (Å²) in [5.74, 6) is 0.505. The highest BCUT2D eigenvalue weighted by Gasteiger charge is 2.25. The van der Waals surface area contributed by atoms with E-state index in [4.69, 9.17) is 19.3 Å². The van der Waals surface area contributed by atoms with Crippen LogP contribution in [-0.2, 0) is 17.6 Å². The summed E-state index contributed by atoms with van der Waals surface area (Å²) in [6.45, 7) is 7.38. The van der Waals surface area contributed by atoms with Crippen LogP contribution in [0.25, 0.3) is 0 Å². The third-order valence-corrected chi connectivity index (χ3v) is 5.26. The van der Waals surface area contributed by atoms with Crippen LogP contribution in [0.1, 0.15) is 67.9 Å². The second-order valence-electron chi connectivity index (χ2n) is 7.80. The van der Waals surface area contributed by atoms with Crippen LogP contribution in [0.4, 0.5) is 0 Å². The molecule has 2 N–H and O–H groups in total. The van der Waals surface area contributed by atoms with E-state index in [2.05, 4.69) is 17.4 Å². The van der Waals surface area contributed by atoms with E-state index in [1.54, 1.807) is 6.07 Å². The molecule has 0 radical (unpaired) electrons. The Kier molecular flexibility index (Phi) is 11.8. The summed E-state index contributed by atoms with van der Waals surface area (Å²) in [6.07, 6.45) is 3.54. The molecule has 186 valence electrons. The van der Waals surface area contributed by atoms with Gasteiger partial charge in [-0.2, -0.15) is 0 Å². The highest BCUT2D eigenvalue weighted by molar-refractivity contribution is 5.97. The number of carbonyl (C=O) groups excluding carboxylic acids is 1. The van der Waals surface area contributed by atoms with E-state index in [0.717, 1.165) is 18.4 Å². The van der Waals surface area contributed by atoms with Crippen LogP contribution in [0.2, 0.25) is 0 Å². The summed E-state index contributed by atoms with van der Waals surface area (Å²) >= 11 is 0. The topological polar surface area (TPSA) is 94.1 Å². The Morgan fingerprint density at radius 1 is 0.853 bits per heavy atom. The molecule has 0 unspecified atom stereocenters. The number of nitrogens with one attached hydrogen (secondary N) is 1. The van der Waals surface area contributed by atoms with Crippen LogP contribution in [0.3, 0.4) is 0 Å². The number of ether oxygens (including phenoxy) is 3. The zero-order valence-electron chi connectivity index (χ0n) is 20.5. The number of carbonyl (C=O) groups is 2. The molecular weight excluding hydrogens is 434 g/mol. The van der Waals surface area contributed by atoms with Crippen molar-refractivity contribution in [1.82, 2.24) is 5.32 Å². The molecule has 0 saturated carbocycles. The van der Waals surface area contributed by atoms with Gasteiger partial charge in [0.1, 0.15) is 0 Å². The van der Waals surface area contributed by atoms with Crippen molar-refractivity contribution in [3.05, 3.63) is 53.1 Å². The van der Waals surface area contributed by atoms with E-state index in [1.807, 2.05) is 39.0 Å². The fourth-order valence-electron chi connectivity index (χ4n) is 3.76. The Bertz CT molecular complexity index is 913. The van der Waals surface area contributed by atoms with Gasteiger partial charge in [0, 0.05) is 18.5 Å². The number of rotatable bonds is 16. The maximum Gasteiger partial charge on any atom is 0.303 e. The minimum absolute atomic E-state index is 0.0899. The van der Waals surface area contributed by atoms with Gasteiger partial charge in [0.15, 0.2) is 11.5 Å². The normalized spacial score (nSPS) is 10.6. The van der Waals surface area contributed by atoms with Crippen LogP contribution >= 0.6 is 0 Å². The lowest BCUT2D eigenvalue weighted by molar-refractivity contribution is -0.137. The quantitative estimate of drug-likeness (QED) is 0.333. The molecular formula is C27H37NO6. The van der Waals surface area contributed by atoms with Crippen molar-refractivity contribution >= 4 is 11.9 Å². The van der Waals surface area contributed by atoms with Crippen LogP contribution in [0.5, 0.6) is 17.2 Å². The lowest BCUT2D eigenvalue weighted by Crippen LogP contribution is -2.26. The number of carboxylic acids is 1. The Morgan fingerprint density at radius 2 is 1.53 bits per heavy atom. The number of hydrogen-bond donors (Lipinski definition) is 2. The second kappa shape index (κ2) is 14.8. The van der Waals surface area contributed by atoms with Gasteiger partial charge in [-0.3, -0.25) is 9.59 Å². The molecule has 2 aromatic rings. The molecule has 7 heteroatoms. The lowest BCUT2D eigenvalue weighted by atomic mass is 9.97. The van der Waals surface area contributed by atoms with E-state index in [-0.39, 0.29) is 12.3 Å². The average molecular weight is 472 g/mol. The molecule has 0 aliphatic carbocycles. The Labute approximate surface area is 202 Å². The first-order valence-corrected chi connectivity index (χ1v) is 12.1. The molecule has 0 fully saturated rings. The van der Waals surface area contributed by atoms with Crippen LogP contribution in [-0.4, -0.2) is 43.3 Å². The van der Waals surface area contributed by atoms with E-state index >= 15 is 0 Å². The van der Waals surface area contributed by atoms with Crippen molar-refractivity contribution < 1.29 is 28.9 Å². The Hall–Kier alpha value is -3.22. The largest absolute Gasteiger partial charge is 0.490 e. The first-order chi connectivity index (χ1) is 16.5. The molecule has 0 bridgehead atoms. The number of aliphatic carboxylic acids is 1. The summed E-state index contributed by atoms with van der Waals surface area (Å²) in [4.78, 5) is 23.9. The van der Waals surface area contributed by atoms with E-state index in [9.17, 15) is 9.59 Å². The molecule has 0 heterocycles. The summed E-state index contributed by atoms with van der Waals surface area (Å²) in [7, 11) is 0. The molecule has 34 heavy (non-hydrogen) atoms. The van der Waals surface area contributed by atoms with E-state index < -0.39 is 5.97 Å². The first kappa shape index (κ1) is 27.0. The van der Waals surface area contributed by atoms with Gasteiger partial charge in [-0.1, -0.05) is 30.3 Å². The smallest absolute Gasteiger partial charge is 0.303 e. The van der Waals surface area contributed by atoms with Gasteiger partial charge in [0.25, 0.3) is 5.91 Å². The summed E-state index contributed by atoms with van der Waals surface area (Å²) < 4.78 is 17.7. The predicted molar refractivity (Wildman–Crippen MR) is 132 cm³/mol. The van der Waals surface area contributed by atoms with Crippen LogP contribution in [0.15, 0.2) is 36.4 Å². The highest BCUT2D eigenvalue weighted by atomic mass is 16.5. The number of carboxylic acid groups (broad SMARTS) is 1. The van der Waals surface area contributed by atoms with Gasteiger partial charge in [-0.25, -0.2) is 0 Å². The van der Waals surface area contributed by atoms with Crippen molar-refractivity contribution in [3.63, 3.8) is 0 Å². The van der Waals surface area contributed by atoms with Crippen molar-refractivity contribution in [1.29, 1.82) is 0 Å². The molecule has 2 aromatic carbocycles. The number of benzene rings is 2. The Balaban J connectivity index is 2.34. The van der Waals surface area contributed by atoms with Gasteiger partial charge < -0.3 is 24.6 Å². The van der Waals surface area contributed by atoms with E-state index in [1.165, 1.54) is 5.56 Å². The van der Waals surface area contributed by atoms with Crippen molar-refractivity contribution in [2.75, 3.05) is 26.4 Å². The van der Waals surface area contributed by atoms with Gasteiger partial charge in [-0.05, 0) is 64.5 Å². The van der Waals surface area contributed by atoms with Gasteiger partial charge >= 0.3 is 5.97 Å². The summed E-state index contributed by atoms with van der Waals surface area (Å²) in [6, 6.07) is 12.0. The van der Waals surface area contributed by atoms with Crippen molar-refractivity contribution in [2.45, 2.75) is 59.3 Å². The fourth-order valence-corrected chi connectivity index (χ4v) is 3.76. The number of unbranched alkanes of at least 4 members (excludes halogenated alkanes) is 1. The molecule has 0 aliphatic heterocycles. The monoisotopic (exact) mass is 471 g/mol. The zero-order valence-corrected chi connectivity index (χ0v) is 20.5. The molecule has 0 aliphatic rings. The lowest BCUT2D eigenvalue weighted by Gasteiger charge is -2.21. The van der Waals surface area contributed by atoms with Gasteiger partial charge in [0.05, 0.1) is 25.4 Å². The molecule has 0 aromatic heterocycles. The maximum atomic E-state index is 13.2. The standard InChI is InChI=1S/C27H37NO6/c1-4-32-23-19-22(27(31)28-18-11-10-17-24(29)30)21(25(33-5-2)26(23)34-6-3)16-12-15-20-13-8-7-9-14-20/h7-9,13-14,19H,4-6,10-12,15-18H2,1-3H3,(H,28,31)(H,29,30). The van der Waals surface area contributed by atoms with Crippen molar-refractivity contribution in [2.24, 2.45) is 0 Å². The second-order valence-corrected chi connectivity index (χ2v) is 7.80. The van der Waals surface area contributed by atoms with Gasteiger partial charge in [-0.15, -0.1) is 0 Å². The third-order valence-electron chi connectivity index (χ3n) is 5.26. The summed E-state index contributed by atoms with van der Waals surface area (Å²) in [5.41, 5.74) is 2.54.